The zero-order chi connectivity index (χ0) is 13.5. The van der Waals surface area contributed by atoms with Crippen LogP contribution in [0.5, 0.6) is 0 Å². The van der Waals surface area contributed by atoms with Gasteiger partial charge in [-0.2, -0.15) is 8.42 Å². The van der Waals surface area contributed by atoms with Gasteiger partial charge in [-0.15, -0.1) is 13.2 Å². The van der Waals surface area contributed by atoms with Gasteiger partial charge in [-0.1, -0.05) is 18.7 Å². The fourth-order valence-corrected chi connectivity index (χ4v) is 2.56. The van der Waals surface area contributed by atoms with Crippen molar-refractivity contribution in [1.82, 2.24) is 5.32 Å². The van der Waals surface area contributed by atoms with Crippen molar-refractivity contribution in [2.45, 2.75) is 18.4 Å². The van der Waals surface area contributed by atoms with E-state index in [2.05, 4.69) is 25.1 Å². The number of rotatable bonds is 8. The average Bonchev–Trinajstić information content (AvgIpc) is 2.15. The lowest BCUT2D eigenvalue weighted by molar-refractivity contribution is -0.118. The van der Waals surface area contributed by atoms with Crippen LogP contribution in [0.3, 0.4) is 0 Å². The zero-order valence-electron chi connectivity index (χ0n) is 9.55. The molecule has 0 aliphatic heterocycles. The van der Waals surface area contributed by atoms with Crippen molar-refractivity contribution in [2.75, 3.05) is 5.75 Å². The van der Waals surface area contributed by atoms with Crippen LogP contribution in [0, 0.1) is 0 Å². The maximum Gasteiger partial charge on any atom is 0.267 e. The molecule has 0 aromatic heterocycles. The average molecular weight is 259 g/mol. The number of carbonyl (C=O) groups excluding carboxylic acids is 1. The van der Waals surface area contributed by atoms with Crippen molar-refractivity contribution in [3.63, 3.8) is 0 Å². The summed E-state index contributed by atoms with van der Waals surface area (Å²) in [6, 6.07) is 0. The maximum absolute atomic E-state index is 11.3. The number of nitrogens with one attached hydrogen (secondary N) is 1. The first-order valence-corrected chi connectivity index (χ1v) is 6.51. The second-order valence-corrected chi connectivity index (χ2v) is 5.14. The van der Waals surface area contributed by atoms with E-state index >= 15 is 0 Å². The predicted molar refractivity (Wildman–Crippen MR) is 67.1 cm³/mol. The number of hydrogen-bond acceptors (Lipinski definition) is 3. The fraction of sp³-hybridized carbons (Fsp3) is 0.364. The molecule has 0 radical (unpaired) electrons. The van der Waals surface area contributed by atoms with Crippen molar-refractivity contribution < 1.29 is 17.8 Å². The molecule has 6 heteroatoms. The molecule has 5 nitrogen and oxygen atoms in total. The van der Waals surface area contributed by atoms with Crippen LogP contribution < -0.4 is 5.32 Å². The highest BCUT2D eigenvalue weighted by Gasteiger charge is 2.33. The topological polar surface area (TPSA) is 83.5 Å². The van der Waals surface area contributed by atoms with Gasteiger partial charge >= 0.3 is 0 Å². The van der Waals surface area contributed by atoms with Crippen LogP contribution in [0.1, 0.15) is 12.8 Å². The quantitative estimate of drug-likeness (QED) is 0.388. The normalized spacial score (nSPS) is 11.6. The molecule has 0 aromatic rings. The van der Waals surface area contributed by atoms with E-state index in [1.54, 1.807) is 0 Å². The monoisotopic (exact) mass is 259 g/mol. The van der Waals surface area contributed by atoms with E-state index < -0.39 is 27.3 Å². The standard InChI is InChI=1S/C11H17NO4S/c1-4-7-11(8-5-2,9-17(14,15)16)12-10(13)6-3/h4-6H,1-3,7-9H2,(H,12,13)(H,14,15,16). The molecule has 1 amide bonds. The lowest BCUT2D eigenvalue weighted by Crippen LogP contribution is -2.52. The van der Waals surface area contributed by atoms with E-state index in [1.165, 1.54) is 12.2 Å². The molecule has 0 fully saturated rings. The summed E-state index contributed by atoms with van der Waals surface area (Å²) in [5.74, 6) is -1.12. The molecule has 2 N–H and O–H groups in total. The second-order valence-electron chi connectivity index (χ2n) is 3.69. The number of carbonyl (C=O) groups is 1. The Labute approximate surface area is 102 Å². The Balaban J connectivity index is 5.23. The van der Waals surface area contributed by atoms with Crippen LogP contribution in [0.15, 0.2) is 38.0 Å². The summed E-state index contributed by atoms with van der Waals surface area (Å²) >= 11 is 0. The largest absolute Gasteiger partial charge is 0.345 e. The Morgan fingerprint density at radius 2 is 1.71 bits per heavy atom. The van der Waals surface area contributed by atoms with Gasteiger partial charge in [0.1, 0.15) is 0 Å². The molecule has 0 aromatic carbocycles. The SMILES string of the molecule is C=CCC(CC=C)(CS(=O)(=O)O)NC(=O)C=C. The molecule has 0 atom stereocenters. The first kappa shape index (κ1) is 15.6. The fourth-order valence-electron chi connectivity index (χ4n) is 1.55. The minimum atomic E-state index is -4.22. The van der Waals surface area contributed by atoms with Gasteiger partial charge in [0.15, 0.2) is 0 Å². The lowest BCUT2D eigenvalue weighted by atomic mass is 9.93. The van der Waals surface area contributed by atoms with Gasteiger partial charge in [0.25, 0.3) is 10.1 Å². The van der Waals surface area contributed by atoms with Crippen molar-refractivity contribution in [3.8, 4) is 0 Å². The smallest absolute Gasteiger partial charge is 0.267 e. The van der Waals surface area contributed by atoms with Crippen LogP contribution in [-0.2, 0) is 14.9 Å². The van der Waals surface area contributed by atoms with Gasteiger partial charge < -0.3 is 5.32 Å². The van der Waals surface area contributed by atoms with E-state index in [0.29, 0.717) is 0 Å². The Kier molecular flexibility index (Phi) is 5.84. The van der Waals surface area contributed by atoms with Crippen LogP contribution in [0.2, 0.25) is 0 Å². The predicted octanol–water partition coefficient (Wildman–Crippen LogP) is 1.07. The van der Waals surface area contributed by atoms with Gasteiger partial charge in [0.2, 0.25) is 5.91 Å². The zero-order valence-corrected chi connectivity index (χ0v) is 10.4. The van der Waals surface area contributed by atoms with Gasteiger partial charge in [0, 0.05) is 0 Å². The highest BCUT2D eigenvalue weighted by molar-refractivity contribution is 7.85. The molecule has 96 valence electrons. The second kappa shape index (κ2) is 6.36. The Morgan fingerprint density at radius 3 is 2.00 bits per heavy atom. The molecule has 0 unspecified atom stereocenters. The molecule has 0 aliphatic rings. The van der Waals surface area contributed by atoms with Crippen LogP contribution >= 0.6 is 0 Å². The van der Waals surface area contributed by atoms with Gasteiger partial charge in [0.05, 0.1) is 11.3 Å². The van der Waals surface area contributed by atoms with E-state index in [9.17, 15) is 13.2 Å². The van der Waals surface area contributed by atoms with Crippen LogP contribution in [0.25, 0.3) is 0 Å². The summed E-state index contributed by atoms with van der Waals surface area (Å²) in [5.41, 5.74) is -1.14. The van der Waals surface area contributed by atoms with Crippen LogP contribution in [0.4, 0.5) is 0 Å². The Morgan fingerprint density at radius 1 is 1.24 bits per heavy atom. The first-order chi connectivity index (χ1) is 7.78. The van der Waals surface area contributed by atoms with E-state index in [1.807, 2.05) is 0 Å². The van der Waals surface area contributed by atoms with Gasteiger partial charge in [-0.3, -0.25) is 9.35 Å². The molecular weight excluding hydrogens is 242 g/mol. The van der Waals surface area contributed by atoms with Crippen molar-refractivity contribution in [2.24, 2.45) is 0 Å². The summed E-state index contributed by atoms with van der Waals surface area (Å²) in [5, 5.41) is 2.50. The van der Waals surface area contributed by atoms with Crippen LogP contribution in [-0.4, -0.2) is 30.2 Å². The third-order valence-corrected chi connectivity index (χ3v) is 3.02. The Bertz CT molecular complexity index is 401. The summed E-state index contributed by atoms with van der Waals surface area (Å²) in [4.78, 5) is 11.3. The van der Waals surface area contributed by atoms with Crippen molar-refractivity contribution >= 4 is 16.0 Å². The summed E-state index contributed by atoms with van der Waals surface area (Å²) in [6.07, 6.45) is 4.36. The molecular formula is C11H17NO4S. The highest BCUT2D eigenvalue weighted by Crippen LogP contribution is 2.19. The minimum absolute atomic E-state index is 0.193. The molecule has 0 aliphatic carbocycles. The third kappa shape index (κ3) is 6.03. The van der Waals surface area contributed by atoms with Crippen molar-refractivity contribution in [3.05, 3.63) is 38.0 Å². The van der Waals surface area contributed by atoms with E-state index in [-0.39, 0.29) is 12.8 Å². The molecule has 0 heterocycles. The van der Waals surface area contributed by atoms with Gasteiger partial charge in [-0.25, -0.2) is 0 Å². The van der Waals surface area contributed by atoms with Gasteiger partial charge in [-0.05, 0) is 18.9 Å². The third-order valence-electron chi connectivity index (χ3n) is 2.10. The molecule has 17 heavy (non-hydrogen) atoms. The molecule has 0 bridgehead atoms. The Hall–Kier alpha value is -1.40. The molecule has 0 saturated heterocycles. The molecule has 0 rings (SSSR count). The minimum Gasteiger partial charge on any atom is -0.345 e. The number of amides is 1. The van der Waals surface area contributed by atoms with E-state index in [4.69, 9.17) is 4.55 Å². The summed E-state index contributed by atoms with van der Waals surface area (Å²) < 4.78 is 30.9. The highest BCUT2D eigenvalue weighted by atomic mass is 32.2. The maximum atomic E-state index is 11.3. The molecule has 0 spiro atoms. The van der Waals surface area contributed by atoms with E-state index in [0.717, 1.165) is 6.08 Å². The summed E-state index contributed by atoms with van der Waals surface area (Å²) in [6.45, 7) is 10.3. The number of hydrogen-bond donors (Lipinski definition) is 2. The van der Waals surface area contributed by atoms with Crippen molar-refractivity contribution in [1.29, 1.82) is 0 Å². The molecule has 0 saturated carbocycles. The lowest BCUT2D eigenvalue weighted by Gasteiger charge is -2.31. The first-order valence-electron chi connectivity index (χ1n) is 4.90. The summed E-state index contributed by atoms with van der Waals surface area (Å²) in [7, 11) is -4.22.